The maximum atomic E-state index is 12.4. The van der Waals surface area contributed by atoms with E-state index in [1.54, 1.807) is 24.3 Å². The number of fused-ring (bicyclic) bond motifs is 2. The zero-order chi connectivity index (χ0) is 33.9. The number of carbonyl (C=O) groups is 2. The molecule has 0 unspecified atom stereocenters. The van der Waals surface area contributed by atoms with Crippen LogP contribution in [0.3, 0.4) is 0 Å². The highest BCUT2D eigenvalue weighted by atomic mass is 32.1. The van der Waals surface area contributed by atoms with Crippen LogP contribution >= 0.6 is 12.2 Å². The van der Waals surface area contributed by atoms with Crippen molar-refractivity contribution in [1.82, 2.24) is 10.6 Å². The molecule has 0 bridgehead atoms. The molecule has 2 aromatic rings. The van der Waals surface area contributed by atoms with Crippen molar-refractivity contribution in [2.24, 2.45) is 5.92 Å². The fourth-order valence-corrected chi connectivity index (χ4v) is 5.92. The molecule has 1 heterocycles. The number of carboxylic acids is 1. The highest BCUT2D eigenvalue weighted by molar-refractivity contribution is 7.80. The Morgan fingerprint density at radius 1 is 0.833 bits per heavy atom. The Morgan fingerprint density at radius 3 is 2.21 bits per heavy atom. The molecule has 5 rings (SSSR count). The number of ether oxygens (including phenoxy) is 3. The number of benzene rings is 3. The van der Waals surface area contributed by atoms with Crippen LogP contribution < -0.4 is 21.4 Å². The summed E-state index contributed by atoms with van der Waals surface area (Å²) in [6.45, 7) is 3.43. The highest BCUT2D eigenvalue weighted by Gasteiger charge is 2.23. The number of hydrogen-bond acceptors (Lipinski definition) is 9. The average molecular weight is 678 g/mol. The van der Waals surface area contributed by atoms with E-state index in [0.717, 1.165) is 25.7 Å². The van der Waals surface area contributed by atoms with Crippen molar-refractivity contribution in [1.29, 1.82) is 0 Å². The van der Waals surface area contributed by atoms with Crippen LogP contribution in [0.25, 0.3) is 33.4 Å². The Bertz CT molecular complexity index is 1770. The van der Waals surface area contributed by atoms with Gasteiger partial charge in [0.15, 0.2) is 10.5 Å². The standard InChI is InChI=1S/C35H39N3O9S/c39-24-6-9-27-30(20-24)47-31-21-25(40)7-10-28(31)32(27)26-8-5-23(19-29(26)34(42)43)38-35(48)37-12-14-45-16-18-46-17-15-44-13-11-36-33(41)22-3-1-2-4-22/h5-10,19-22,39H,1-4,11-18H2,(H,36,41)(H,42,43)(H2,37,38,48). The minimum atomic E-state index is -1.15. The largest absolute Gasteiger partial charge is 0.508 e. The minimum absolute atomic E-state index is 0.00990. The monoisotopic (exact) mass is 677 g/mol. The molecule has 13 heteroatoms. The first kappa shape index (κ1) is 34.8. The summed E-state index contributed by atoms with van der Waals surface area (Å²) in [7, 11) is 0. The van der Waals surface area contributed by atoms with Gasteiger partial charge in [0.2, 0.25) is 5.91 Å². The summed E-state index contributed by atoms with van der Waals surface area (Å²) < 4.78 is 22.5. The molecule has 2 aromatic carbocycles. The van der Waals surface area contributed by atoms with E-state index in [-0.39, 0.29) is 34.3 Å². The van der Waals surface area contributed by atoms with E-state index in [4.69, 9.17) is 30.8 Å². The van der Waals surface area contributed by atoms with Crippen molar-refractivity contribution in [3.05, 3.63) is 70.4 Å². The molecule has 3 aliphatic rings. The normalized spacial score (nSPS) is 13.2. The number of nitrogens with one attached hydrogen (secondary N) is 3. The predicted octanol–water partition coefficient (Wildman–Crippen LogP) is 4.61. The number of aromatic carboxylic acids is 1. The quantitative estimate of drug-likeness (QED) is 0.0636. The number of phenols is 1. The van der Waals surface area contributed by atoms with Gasteiger partial charge in [-0.2, -0.15) is 0 Å². The van der Waals surface area contributed by atoms with Crippen LogP contribution in [0.2, 0.25) is 0 Å². The summed E-state index contributed by atoms with van der Waals surface area (Å²) in [5.74, 6) is -0.612. The van der Waals surface area contributed by atoms with Gasteiger partial charge < -0.3 is 44.8 Å². The van der Waals surface area contributed by atoms with Gasteiger partial charge in [0.1, 0.15) is 17.1 Å². The number of hydrogen-bond donors (Lipinski definition) is 5. The van der Waals surface area contributed by atoms with E-state index in [2.05, 4.69) is 16.0 Å². The molecule has 1 amide bonds. The molecule has 1 fully saturated rings. The van der Waals surface area contributed by atoms with Crippen LogP contribution in [0.15, 0.2) is 63.8 Å². The summed E-state index contributed by atoms with van der Waals surface area (Å²) in [6.07, 6.45) is 4.24. The molecular formula is C35H39N3O9S. The zero-order valence-corrected chi connectivity index (χ0v) is 27.2. The topological polar surface area (TPSA) is 169 Å². The van der Waals surface area contributed by atoms with Gasteiger partial charge in [0.25, 0.3) is 0 Å². The number of carbonyl (C=O) groups excluding carboxylic acids is 1. The van der Waals surface area contributed by atoms with Crippen molar-refractivity contribution < 1.29 is 38.4 Å². The lowest BCUT2D eigenvalue weighted by atomic mass is 9.90. The first-order chi connectivity index (χ1) is 23.3. The molecule has 0 spiro atoms. The van der Waals surface area contributed by atoms with Crippen LogP contribution in [-0.4, -0.2) is 79.9 Å². The van der Waals surface area contributed by atoms with Gasteiger partial charge in [-0.3, -0.25) is 9.59 Å². The Hall–Kier alpha value is -4.56. The second-order valence-electron chi connectivity index (χ2n) is 11.4. The number of amides is 1. The molecule has 12 nitrogen and oxygen atoms in total. The number of aromatic hydroxyl groups is 1. The maximum Gasteiger partial charge on any atom is 0.336 e. The van der Waals surface area contributed by atoms with Gasteiger partial charge in [0, 0.05) is 53.3 Å². The SMILES string of the molecule is O=C(O)c1cc(NC(=S)NCCOCCOCCOCCNC(=O)C2CCCC2)ccc1-c1c2ccc(=O)cc-2oc2cc(O)ccc12. The van der Waals surface area contributed by atoms with Gasteiger partial charge in [0.05, 0.1) is 45.2 Å². The smallest absolute Gasteiger partial charge is 0.336 e. The van der Waals surface area contributed by atoms with Crippen LogP contribution in [-0.2, 0) is 19.0 Å². The Balaban J connectivity index is 1.05. The van der Waals surface area contributed by atoms with Gasteiger partial charge in [-0.1, -0.05) is 18.9 Å². The molecule has 0 atom stereocenters. The molecule has 254 valence electrons. The molecule has 5 N–H and O–H groups in total. The number of phenolic OH excluding ortho intramolecular Hbond substituents is 1. The van der Waals surface area contributed by atoms with Gasteiger partial charge in [-0.25, -0.2) is 4.79 Å². The van der Waals surface area contributed by atoms with Crippen molar-refractivity contribution in [3.8, 4) is 28.2 Å². The van der Waals surface area contributed by atoms with Crippen molar-refractivity contribution >= 4 is 45.9 Å². The lowest BCUT2D eigenvalue weighted by molar-refractivity contribution is -0.125. The second-order valence-corrected chi connectivity index (χ2v) is 11.8. The maximum absolute atomic E-state index is 12.4. The first-order valence-corrected chi connectivity index (χ1v) is 16.3. The Kier molecular flexibility index (Phi) is 12.3. The molecule has 1 saturated carbocycles. The molecule has 0 radical (unpaired) electrons. The number of anilines is 1. The third-order valence-electron chi connectivity index (χ3n) is 8.00. The lowest BCUT2D eigenvalue weighted by Crippen LogP contribution is -2.32. The second kappa shape index (κ2) is 17.0. The number of carboxylic acid groups (broad SMARTS) is 1. The van der Waals surface area contributed by atoms with Gasteiger partial charge in [-0.15, -0.1) is 0 Å². The molecule has 0 saturated heterocycles. The van der Waals surface area contributed by atoms with Crippen LogP contribution in [0.4, 0.5) is 5.69 Å². The molecule has 1 aliphatic heterocycles. The lowest BCUT2D eigenvalue weighted by Gasteiger charge is -2.18. The number of rotatable bonds is 16. The summed E-state index contributed by atoms with van der Waals surface area (Å²) in [5.41, 5.74) is 2.05. The molecule has 48 heavy (non-hydrogen) atoms. The Labute approximate surface area is 282 Å². The van der Waals surface area contributed by atoms with Gasteiger partial charge in [-0.05, 0) is 67.0 Å². The molecule has 0 aromatic heterocycles. The van der Waals surface area contributed by atoms with Crippen LogP contribution in [0, 0.1) is 5.92 Å². The van der Waals surface area contributed by atoms with E-state index in [9.17, 15) is 24.6 Å². The third-order valence-corrected chi connectivity index (χ3v) is 8.25. The van der Waals surface area contributed by atoms with Crippen LogP contribution in [0.5, 0.6) is 5.75 Å². The summed E-state index contributed by atoms with van der Waals surface area (Å²) in [5, 5.41) is 30.0. The van der Waals surface area contributed by atoms with E-state index in [0.29, 0.717) is 91.2 Å². The van der Waals surface area contributed by atoms with E-state index in [1.165, 1.54) is 30.3 Å². The fourth-order valence-electron chi connectivity index (χ4n) is 5.70. The zero-order valence-electron chi connectivity index (χ0n) is 26.4. The summed E-state index contributed by atoms with van der Waals surface area (Å²) in [4.78, 5) is 36.4. The minimum Gasteiger partial charge on any atom is -0.508 e. The average Bonchev–Trinajstić information content (AvgIpc) is 3.61. The Morgan fingerprint density at radius 2 is 1.50 bits per heavy atom. The molecular weight excluding hydrogens is 638 g/mol. The predicted molar refractivity (Wildman–Crippen MR) is 185 cm³/mol. The highest BCUT2D eigenvalue weighted by Crippen LogP contribution is 2.42. The number of thiocarbonyl (C=S) groups is 1. The summed E-state index contributed by atoms with van der Waals surface area (Å²) >= 11 is 5.39. The molecule has 2 aliphatic carbocycles. The fraction of sp³-hybridized carbons (Fsp3) is 0.371. The van der Waals surface area contributed by atoms with E-state index < -0.39 is 5.97 Å². The first-order valence-electron chi connectivity index (χ1n) is 15.9. The van der Waals surface area contributed by atoms with E-state index >= 15 is 0 Å². The van der Waals surface area contributed by atoms with Crippen LogP contribution in [0.1, 0.15) is 36.0 Å². The van der Waals surface area contributed by atoms with Gasteiger partial charge >= 0.3 is 5.97 Å². The third kappa shape index (κ3) is 9.28. The summed E-state index contributed by atoms with van der Waals surface area (Å²) in [6, 6.07) is 13.8. The van der Waals surface area contributed by atoms with Crippen molar-refractivity contribution in [2.45, 2.75) is 25.7 Å². The van der Waals surface area contributed by atoms with Crippen molar-refractivity contribution in [2.75, 3.05) is 58.0 Å². The van der Waals surface area contributed by atoms with Crippen molar-refractivity contribution in [3.63, 3.8) is 0 Å². The van der Waals surface area contributed by atoms with E-state index in [1.807, 2.05) is 0 Å².